The molecule has 0 aliphatic carbocycles. The quantitative estimate of drug-likeness (QED) is 0.211. The van der Waals surface area contributed by atoms with E-state index in [1.54, 1.807) is 35.9 Å². The molecule has 1 unspecified atom stereocenters. The van der Waals surface area contributed by atoms with Gasteiger partial charge in [0.05, 0.1) is 45.2 Å². The van der Waals surface area contributed by atoms with Gasteiger partial charge in [0, 0.05) is 31.7 Å². The van der Waals surface area contributed by atoms with Crippen molar-refractivity contribution in [3.05, 3.63) is 111 Å². The van der Waals surface area contributed by atoms with E-state index in [0.717, 1.165) is 45.7 Å². The molecule has 0 saturated carbocycles. The van der Waals surface area contributed by atoms with Gasteiger partial charge in [0.2, 0.25) is 5.88 Å². The Morgan fingerprint density at radius 1 is 1.07 bits per heavy atom. The number of nitrogens with zero attached hydrogens (tertiary/aromatic N) is 4. The first-order chi connectivity index (χ1) is 21.7. The molecule has 0 amide bonds. The maximum Gasteiger partial charge on any atom is 0.335 e. The summed E-state index contributed by atoms with van der Waals surface area (Å²) in [5.41, 5.74) is 3.25. The zero-order valence-electron chi connectivity index (χ0n) is 24.0. The molecule has 0 spiro atoms. The molecule has 7 rings (SSSR count). The van der Waals surface area contributed by atoms with Crippen LogP contribution in [0.1, 0.15) is 33.7 Å². The number of benzene rings is 3. The normalized spacial score (nSPS) is 14.6. The van der Waals surface area contributed by atoms with Crippen LogP contribution < -0.4 is 9.61 Å². The summed E-state index contributed by atoms with van der Waals surface area (Å²) in [6.07, 6.45) is 0.770. The van der Waals surface area contributed by atoms with Crippen molar-refractivity contribution in [1.29, 1.82) is 0 Å². The van der Waals surface area contributed by atoms with Crippen LogP contribution in [0.2, 0.25) is 0 Å². The number of hydrogen-bond acceptors (Lipinski definition) is 7. The molecule has 1 fully saturated rings. The number of thiazole rings is 1. The van der Waals surface area contributed by atoms with Crippen molar-refractivity contribution in [3.8, 4) is 17.1 Å². The number of aromatic carboxylic acids is 1. The molecule has 12 heteroatoms. The molecule has 3 aromatic carbocycles. The van der Waals surface area contributed by atoms with Crippen LogP contribution in [0.4, 0.5) is 8.78 Å². The molecule has 1 aliphatic heterocycles. The summed E-state index contributed by atoms with van der Waals surface area (Å²) in [6, 6.07) is 17.4. The number of halogens is 2. The van der Waals surface area contributed by atoms with Crippen molar-refractivity contribution in [3.63, 3.8) is 0 Å². The number of carboxylic acids is 1. The molecule has 1 N–H and O–H groups in total. The van der Waals surface area contributed by atoms with Crippen LogP contribution in [0.15, 0.2) is 71.5 Å². The second-order valence-corrected chi connectivity index (χ2v) is 11.9. The van der Waals surface area contributed by atoms with Crippen LogP contribution in [0.3, 0.4) is 0 Å². The van der Waals surface area contributed by atoms with Gasteiger partial charge in [0.1, 0.15) is 24.1 Å². The highest BCUT2D eigenvalue weighted by Gasteiger charge is 2.24. The fraction of sp³-hybridized carbons (Fsp3) is 0.212. The second kappa shape index (κ2) is 11.5. The predicted octanol–water partition coefficient (Wildman–Crippen LogP) is 5.95. The van der Waals surface area contributed by atoms with Crippen LogP contribution in [0, 0.1) is 11.6 Å². The fourth-order valence-corrected chi connectivity index (χ4v) is 6.38. The van der Waals surface area contributed by atoms with E-state index in [9.17, 15) is 14.7 Å². The van der Waals surface area contributed by atoms with Gasteiger partial charge < -0.3 is 23.7 Å². The number of fused-ring (bicyclic) bond motifs is 2. The summed E-state index contributed by atoms with van der Waals surface area (Å²) < 4.78 is 46.8. The van der Waals surface area contributed by atoms with Crippen molar-refractivity contribution < 1.29 is 28.2 Å². The number of aryl methyl sites for hydroxylation is 1. The second-order valence-electron chi connectivity index (χ2n) is 10.9. The van der Waals surface area contributed by atoms with E-state index in [2.05, 4.69) is 9.97 Å². The third-order valence-corrected chi connectivity index (χ3v) is 8.98. The molecule has 0 bridgehead atoms. The topological polar surface area (TPSA) is 108 Å². The van der Waals surface area contributed by atoms with Crippen molar-refractivity contribution in [2.75, 3.05) is 6.61 Å². The smallest absolute Gasteiger partial charge is 0.335 e. The maximum atomic E-state index is 15.5. The Balaban J connectivity index is 1.14. The number of carboxylic acid groups (broad SMARTS) is 1. The molecule has 3 aromatic heterocycles. The molecule has 45 heavy (non-hydrogen) atoms. The van der Waals surface area contributed by atoms with Crippen LogP contribution in [0.25, 0.3) is 32.5 Å². The number of hydrogen-bond donors (Lipinski definition) is 1. The molecule has 228 valence electrons. The zero-order chi connectivity index (χ0) is 31.2. The summed E-state index contributed by atoms with van der Waals surface area (Å²) in [7, 11) is 1.72. The third-order valence-electron chi connectivity index (χ3n) is 7.98. The molecule has 1 aliphatic rings. The van der Waals surface area contributed by atoms with Gasteiger partial charge in [-0.05, 0) is 66.1 Å². The van der Waals surface area contributed by atoms with E-state index in [-0.39, 0.29) is 52.3 Å². The Kier molecular flexibility index (Phi) is 7.38. The highest BCUT2D eigenvalue weighted by molar-refractivity contribution is 7.16. The summed E-state index contributed by atoms with van der Waals surface area (Å²) in [5.74, 6) is -1.63. The first-order valence-electron chi connectivity index (χ1n) is 14.2. The lowest BCUT2D eigenvalue weighted by Gasteiger charge is -2.27. The Hall–Kier alpha value is -4.94. The van der Waals surface area contributed by atoms with Crippen molar-refractivity contribution in [2.24, 2.45) is 7.05 Å². The first-order valence-corrected chi connectivity index (χ1v) is 15.1. The highest BCUT2D eigenvalue weighted by atomic mass is 32.1. The summed E-state index contributed by atoms with van der Waals surface area (Å²) in [6.45, 7) is 1.24. The van der Waals surface area contributed by atoms with Gasteiger partial charge in [-0.1, -0.05) is 23.5 Å². The fourth-order valence-electron chi connectivity index (χ4n) is 5.44. The highest BCUT2D eigenvalue weighted by Crippen LogP contribution is 2.29. The van der Waals surface area contributed by atoms with Gasteiger partial charge in [-0.2, -0.15) is 0 Å². The predicted molar refractivity (Wildman–Crippen MR) is 165 cm³/mol. The van der Waals surface area contributed by atoms with Crippen LogP contribution >= 0.6 is 11.3 Å². The van der Waals surface area contributed by atoms with Crippen molar-refractivity contribution in [1.82, 2.24) is 19.1 Å². The van der Waals surface area contributed by atoms with Crippen LogP contribution in [-0.4, -0.2) is 42.9 Å². The minimum atomic E-state index is -1.06. The SMILES string of the molecule is Cn1c(=O)sc2cc(COc3cccc(-c4cc(F)c(Cc5nc6ccc(C(=O)O)cc6n5CC5CCO5)cc4F)n3)ccc21. The lowest BCUT2D eigenvalue weighted by Crippen LogP contribution is -2.31. The van der Waals surface area contributed by atoms with E-state index >= 15 is 8.78 Å². The number of aromatic nitrogens is 4. The van der Waals surface area contributed by atoms with Gasteiger partial charge >= 0.3 is 10.8 Å². The summed E-state index contributed by atoms with van der Waals surface area (Å²) >= 11 is 1.15. The Morgan fingerprint density at radius 2 is 1.91 bits per heavy atom. The molecule has 6 aromatic rings. The molecule has 4 heterocycles. The van der Waals surface area contributed by atoms with E-state index in [0.29, 0.717) is 30.0 Å². The largest absolute Gasteiger partial charge is 0.478 e. The molecular weight excluding hydrogens is 602 g/mol. The number of ether oxygens (including phenoxy) is 2. The third kappa shape index (κ3) is 5.58. The lowest BCUT2D eigenvalue weighted by atomic mass is 10.0. The Bertz CT molecular complexity index is 2170. The maximum absolute atomic E-state index is 15.5. The van der Waals surface area contributed by atoms with Gasteiger partial charge in [-0.3, -0.25) is 4.79 Å². The van der Waals surface area contributed by atoms with E-state index < -0.39 is 17.6 Å². The van der Waals surface area contributed by atoms with Crippen LogP contribution in [-0.2, 0) is 31.4 Å². The van der Waals surface area contributed by atoms with Crippen molar-refractivity contribution in [2.45, 2.75) is 32.1 Å². The van der Waals surface area contributed by atoms with Gasteiger partial charge in [0.15, 0.2) is 0 Å². The summed E-state index contributed by atoms with van der Waals surface area (Å²) in [4.78, 5) is 32.5. The number of imidazole rings is 1. The molecule has 1 atom stereocenters. The van der Waals surface area contributed by atoms with Gasteiger partial charge in [-0.15, -0.1) is 0 Å². The van der Waals surface area contributed by atoms with Gasteiger partial charge in [-0.25, -0.2) is 23.5 Å². The average molecular weight is 629 g/mol. The minimum Gasteiger partial charge on any atom is -0.478 e. The van der Waals surface area contributed by atoms with E-state index in [1.807, 2.05) is 22.8 Å². The lowest BCUT2D eigenvalue weighted by molar-refractivity contribution is -0.0589. The summed E-state index contributed by atoms with van der Waals surface area (Å²) in [5, 5.41) is 9.48. The number of carbonyl (C=O) groups is 1. The minimum absolute atomic E-state index is 0.0100. The van der Waals surface area contributed by atoms with E-state index in [1.165, 1.54) is 12.1 Å². The zero-order valence-corrected chi connectivity index (χ0v) is 24.8. The monoisotopic (exact) mass is 628 g/mol. The standard InChI is InChI=1S/C33H26F2N4O5S/c1-38-27-8-5-18(11-29(27)45-33(38)42)17-44-31-4-2-3-25(37-31)22-15-23(34)20(12-24(22)35)14-30-36-26-7-6-19(32(40)41)13-28(26)39(30)16-21-9-10-43-21/h2-8,11-13,15,21H,9-10,14,16-17H2,1H3,(H,40,41). The molecule has 0 radical (unpaired) electrons. The Morgan fingerprint density at radius 3 is 2.69 bits per heavy atom. The molecular formula is C33H26F2N4O5S. The van der Waals surface area contributed by atoms with Crippen LogP contribution in [0.5, 0.6) is 5.88 Å². The van der Waals surface area contributed by atoms with E-state index in [4.69, 9.17) is 9.47 Å². The Labute approximate surface area is 258 Å². The average Bonchev–Trinajstić information content (AvgIpc) is 3.49. The number of pyridine rings is 1. The molecule has 1 saturated heterocycles. The van der Waals surface area contributed by atoms with Gasteiger partial charge in [0.25, 0.3) is 0 Å². The first kappa shape index (κ1) is 28.8. The molecule has 9 nitrogen and oxygen atoms in total. The van der Waals surface area contributed by atoms with Crippen molar-refractivity contribution >= 4 is 38.6 Å². The number of rotatable bonds is 9.